The Morgan fingerprint density at radius 3 is 3.12 bits per heavy atom. The summed E-state index contributed by atoms with van der Waals surface area (Å²) < 4.78 is 5.34. The number of methoxy groups -OCH3 is 1. The Morgan fingerprint density at radius 1 is 1.65 bits per heavy atom. The fourth-order valence-electron chi connectivity index (χ4n) is 1.94. The second kappa shape index (κ2) is 5.51. The smallest absolute Gasteiger partial charge is 0.224 e. The molecule has 1 aliphatic heterocycles. The second-order valence-electron chi connectivity index (χ2n) is 3.99. The number of halogens is 1. The zero-order valence-corrected chi connectivity index (χ0v) is 10.9. The highest BCUT2D eigenvalue weighted by Gasteiger charge is 2.25. The number of nitrogens with zero attached hydrogens (tertiary/aromatic N) is 3. The molecule has 1 atom stereocenters. The molecule has 0 aromatic carbocycles. The second-order valence-corrected chi connectivity index (χ2v) is 4.40. The highest BCUT2D eigenvalue weighted by atomic mass is 35.5. The van der Waals surface area contributed by atoms with E-state index in [2.05, 4.69) is 20.2 Å². The lowest BCUT2D eigenvalue weighted by Gasteiger charge is -2.18. The highest BCUT2D eigenvalue weighted by molar-refractivity contribution is 6.32. The number of anilines is 2. The van der Waals surface area contributed by atoms with Gasteiger partial charge < -0.3 is 15.0 Å². The molecule has 1 N–H and O–H groups in total. The molecule has 2 heterocycles. The van der Waals surface area contributed by atoms with E-state index >= 15 is 0 Å². The van der Waals surface area contributed by atoms with Crippen LogP contribution in [0, 0.1) is 0 Å². The molecule has 1 saturated heterocycles. The monoisotopic (exact) mass is 256 g/mol. The van der Waals surface area contributed by atoms with Crippen LogP contribution in [-0.2, 0) is 4.74 Å². The van der Waals surface area contributed by atoms with Crippen molar-refractivity contribution in [1.82, 2.24) is 9.97 Å². The first kappa shape index (κ1) is 12.4. The summed E-state index contributed by atoms with van der Waals surface area (Å²) in [6, 6.07) is 0. The van der Waals surface area contributed by atoms with Crippen molar-refractivity contribution < 1.29 is 4.74 Å². The van der Waals surface area contributed by atoms with Crippen molar-refractivity contribution in [1.29, 1.82) is 0 Å². The van der Waals surface area contributed by atoms with Crippen molar-refractivity contribution in [3.8, 4) is 0 Å². The predicted molar refractivity (Wildman–Crippen MR) is 68.8 cm³/mol. The molecule has 2 rings (SSSR count). The Morgan fingerprint density at radius 2 is 2.47 bits per heavy atom. The van der Waals surface area contributed by atoms with Crippen molar-refractivity contribution in [2.24, 2.45) is 0 Å². The van der Waals surface area contributed by atoms with Crippen LogP contribution in [0.4, 0.5) is 11.8 Å². The maximum atomic E-state index is 6.13. The summed E-state index contributed by atoms with van der Waals surface area (Å²) in [6.45, 7) is 4.55. The minimum absolute atomic E-state index is 0.267. The number of nitrogens with one attached hydrogen (secondary N) is 1. The van der Waals surface area contributed by atoms with Crippen molar-refractivity contribution in [2.75, 3.05) is 37.0 Å². The largest absolute Gasteiger partial charge is 0.380 e. The Bertz CT molecular complexity index is 388. The third-order valence-electron chi connectivity index (χ3n) is 2.84. The number of hydrogen-bond donors (Lipinski definition) is 1. The summed E-state index contributed by atoms with van der Waals surface area (Å²) in [5, 5.41) is 3.67. The summed E-state index contributed by atoms with van der Waals surface area (Å²) in [6.07, 6.45) is 2.92. The van der Waals surface area contributed by atoms with Crippen molar-refractivity contribution in [3.63, 3.8) is 0 Å². The Kier molecular flexibility index (Phi) is 4.02. The zero-order chi connectivity index (χ0) is 12.3. The molecular weight excluding hydrogens is 240 g/mol. The van der Waals surface area contributed by atoms with Gasteiger partial charge in [-0.3, -0.25) is 0 Å². The number of rotatable bonds is 4. The molecule has 94 valence electrons. The van der Waals surface area contributed by atoms with E-state index in [0.717, 1.165) is 31.9 Å². The quantitative estimate of drug-likeness (QED) is 0.890. The maximum absolute atomic E-state index is 6.13. The van der Waals surface area contributed by atoms with E-state index < -0.39 is 0 Å². The molecular formula is C11H17ClN4O. The molecule has 0 aliphatic carbocycles. The van der Waals surface area contributed by atoms with Crippen LogP contribution in [0.3, 0.4) is 0 Å². The van der Waals surface area contributed by atoms with Crippen LogP contribution >= 0.6 is 11.6 Å². The average Bonchev–Trinajstić information content (AvgIpc) is 2.80. The number of hydrogen-bond acceptors (Lipinski definition) is 5. The molecule has 0 saturated carbocycles. The standard InChI is InChI=1S/C11H17ClN4O/c1-3-13-11-14-6-9(12)10(15-11)16-5-4-8(7-16)17-2/h6,8H,3-5,7H2,1-2H3,(H,13,14,15). The summed E-state index contributed by atoms with van der Waals surface area (Å²) in [7, 11) is 1.74. The van der Waals surface area contributed by atoms with Crippen LogP contribution in [0.15, 0.2) is 6.20 Å². The molecule has 0 amide bonds. The minimum atomic E-state index is 0.267. The first-order valence-corrected chi connectivity index (χ1v) is 6.16. The van der Waals surface area contributed by atoms with Gasteiger partial charge in [-0.2, -0.15) is 4.98 Å². The van der Waals surface area contributed by atoms with E-state index in [1.165, 1.54) is 0 Å². The molecule has 0 radical (unpaired) electrons. The van der Waals surface area contributed by atoms with Gasteiger partial charge in [0.05, 0.1) is 12.3 Å². The van der Waals surface area contributed by atoms with Crippen LogP contribution in [0.25, 0.3) is 0 Å². The summed E-state index contributed by atoms with van der Waals surface area (Å²) >= 11 is 6.13. The van der Waals surface area contributed by atoms with E-state index in [9.17, 15) is 0 Å². The van der Waals surface area contributed by atoms with Crippen LogP contribution in [0.1, 0.15) is 13.3 Å². The summed E-state index contributed by atoms with van der Waals surface area (Å²) in [5.41, 5.74) is 0. The predicted octanol–water partition coefficient (Wildman–Crippen LogP) is 1.79. The molecule has 0 spiro atoms. The van der Waals surface area contributed by atoms with E-state index in [1.807, 2.05) is 6.92 Å². The molecule has 1 aliphatic rings. The van der Waals surface area contributed by atoms with Crippen LogP contribution < -0.4 is 10.2 Å². The third-order valence-corrected chi connectivity index (χ3v) is 3.10. The summed E-state index contributed by atoms with van der Waals surface area (Å²) in [5.74, 6) is 1.41. The van der Waals surface area contributed by atoms with Gasteiger partial charge in [-0.1, -0.05) is 11.6 Å². The topological polar surface area (TPSA) is 50.3 Å². The van der Waals surface area contributed by atoms with E-state index in [-0.39, 0.29) is 6.10 Å². The zero-order valence-electron chi connectivity index (χ0n) is 10.1. The first-order valence-electron chi connectivity index (χ1n) is 5.78. The first-order chi connectivity index (χ1) is 8.24. The molecule has 5 nitrogen and oxygen atoms in total. The van der Waals surface area contributed by atoms with Gasteiger partial charge in [0.15, 0.2) is 5.82 Å². The van der Waals surface area contributed by atoms with Gasteiger partial charge in [-0.05, 0) is 13.3 Å². The van der Waals surface area contributed by atoms with E-state index in [1.54, 1.807) is 13.3 Å². The molecule has 0 bridgehead atoms. The molecule has 6 heteroatoms. The van der Waals surface area contributed by atoms with Gasteiger partial charge in [0.2, 0.25) is 5.95 Å². The minimum Gasteiger partial charge on any atom is -0.380 e. The SMILES string of the molecule is CCNc1ncc(Cl)c(N2CCC(OC)C2)n1. The van der Waals surface area contributed by atoms with Gasteiger partial charge >= 0.3 is 0 Å². The van der Waals surface area contributed by atoms with Gasteiger partial charge in [-0.25, -0.2) is 4.98 Å². The average molecular weight is 257 g/mol. The maximum Gasteiger partial charge on any atom is 0.224 e. The van der Waals surface area contributed by atoms with Crippen LogP contribution in [-0.4, -0.2) is 42.8 Å². The van der Waals surface area contributed by atoms with Gasteiger partial charge in [-0.15, -0.1) is 0 Å². The third kappa shape index (κ3) is 2.79. The number of aromatic nitrogens is 2. The Labute approximate surface area is 106 Å². The van der Waals surface area contributed by atoms with Gasteiger partial charge in [0.1, 0.15) is 5.02 Å². The van der Waals surface area contributed by atoms with Crippen molar-refractivity contribution in [2.45, 2.75) is 19.4 Å². The fourth-order valence-corrected chi connectivity index (χ4v) is 2.15. The lowest BCUT2D eigenvalue weighted by molar-refractivity contribution is 0.121. The van der Waals surface area contributed by atoms with E-state index in [0.29, 0.717) is 11.0 Å². The Balaban J connectivity index is 2.16. The highest BCUT2D eigenvalue weighted by Crippen LogP contribution is 2.27. The molecule has 1 fully saturated rings. The van der Waals surface area contributed by atoms with Crippen LogP contribution in [0.5, 0.6) is 0 Å². The van der Waals surface area contributed by atoms with Gasteiger partial charge in [0.25, 0.3) is 0 Å². The van der Waals surface area contributed by atoms with Gasteiger partial charge in [0, 0.05) is 26.7 Å². The van der Waals surface area contributed by atoms with Crippen LogP contribution in [0.2, 0.25) is 5.02 Å². The Hall–Kier alpha value is -1.07. The van der Waals surface area contributed by atoms with E-state index in [4.69, 9.17) is 16.3 Å². The lowest BCUT2D eigenvalue weighted by atomic mass is 10.3. The summed E-state index contributed by atoms with van der Waals surface area (Å²) in [4.78, 5) is 10.7. The number of ether oxygens (including phenoxy) is 1. The molecule has 17 heavy (non-hydrogen) atoms. The normalized spacial score (nSPS) is 19.7. The molecule has 1 unspecified atom stereocenters. The van der Waals surface area contributed by atoms with Crippen molar-refractivity contribution >= 4 is 23.4 Å². The van der Waals surface area contributed by atoms with Crippen molar-refractivity contribution in [3.05, 3.63) is 11.2 Å². The molecule has 1 aromatic rings. The molecule has 1 aromatic heterocycles. The lowest BCUT2D eigenvalue weighted by Crippen LogP contribution is -2.24. The fraction of sp³-hybridized carbons (Fsp3) is 0.636.